The van der Waals surface area contributed by atoms with Crippen molar-refractivity contribution in [3.05, 3.63) is 71.3 Å². The first kappa shape index (κ1) is 17.9. The molecule has 1 amide bonds. The van der Waals surface area contributed by atoms with E-state index in [0.717, 1.165) is 17.7 Å². The van der Waals surface area contributed by atoms with Crippen molar-refractivity contribution in [1.82, 2.24) is 10.4 Å². The first-order valence-corrected chi connectivity index (χ1v) is 9.13. The van der Waals surface area contributed by atoms with Gasteiger partial charge in [0.1, 0.15) is 22.4 Å². The van der Waals surface area contributed by atoms with Gasteiger partial charge in [-0.3, -0.25) is 9.80 Å². The lowest BCUT2D eigenvalue weighted by Gasteiger charge is -2.24. The minimum atomic E-state index is -0.531. The highest BCUT2D eigenvalue weighted by Gasteiger charge is 2.38. The highest BCUT2D eigenvalue weighted by molar-refractivity contribution is 7.99. The first-order valence-electron chi connectivity index (χ1n) is 8.19. The fourth-order valence-electron chi connectivity index (χ4n) is 2.77. The molecule has 0 saturated carbocycles. The Bertz CT molecular complexity index is 754. The van der Waals surface area contributed by atoms with E-state index in [-0.39, 0.29) is 22.8 Å². The third-order valence-electron chi connectivity index (χ3n) is 3.93. The molecule has 0 radical (unpaired) electrons. The molecule has 1 aliphatic rings. The van der Waals surface area contributed by atoms with E-state index in [1.54, 1.807) is 5.01 Å². The maximum atomic E-state index is 14.2. The standard InChI is InChI=1S/C19H20F2N2OS/c1-12(2)10-17(24)23-19(13-6-4-3-5-7-13)25-18(22-23)15-11-14(20)8-9-16(15)21/h3-9,11-12,18-19,22H,10H2,1-2H3. The van der Waals surface area contributed by atoms with E-state index in [4.69, 9.17) is 0 Å². The minimum Gasteiger partial charge on any atom is -0.273 e. The van der Waals surface area contributed by atoms with E-state index in [0.29, 0.717) is 6.42 Å². The number of hydrazine groups is 1. The van der Waals surface area contributed by atoms with Crippen LogP contribution in [0.5, 0.6) is 0 Å². The molecular formula is C19H20F2N2OS. The maximum Gasteiger partial charge on any atom is 0.238 e. The van der Waals surface area contributed by atoms with E-state index >= 15 is 0 Å². The second-order valence-electron chi connectivity index (χ2n) is 6.44. The fourth-order valence-corrected chi connectivity index (χ4v) is 4.14. The van der Waals surface area contributed by atoms with Crippen LogP contribution < -0.4 is 5.43 Å². The number of nitrogens with zero attached hydrogens (tertiary/aromatic N) is 1. The van der Waals surface area contributed by atoms with Gasteiger partial charge in [-0.15, -0.1) is 11.8 Å². The summed E-state index contributed by atoms with van der Waals surface area (Å²) in [4.78, 5) is 12.7. The van der Waals surface area contributed by atoms with Crippen LogP contribution in [0, 0.1) is 17.6 Å². The van der Waals surface area contributed by atoms with Gasteiger partial charge in [-0.05, 0) is 29.7 Å². The highest BCUT2D eigenvalue weighted by Crippen LogP contribution is 2.47. The van der Waals surface area contributed by atoms with Crippen LogP contribution >= 0.6 is 11.8 Å². The summed E-state index contributed by atoms with van der Waals surface area (Å²) in [5.41, 5.74) is 4.22. The Morgan fingerprint density at radius 2 is 1.92 bits per heavy atom. The van der Waals surface area contributed by atoms with Crippen molar-refractivity contribution in [3.8, 4) is 0 Å². The smallest absolute Gasteiger partial charge is 0.238 e. The van der Waals surface area contributed by atoms with Gasteiger partial charge in [-0.1, -0.05) is 44.2 Å². The van der Waals surface area contributed by atoms with Crippen molar-refractivity contribution < 1.29 is 13.6 Å². The molecule has 2 aromatic carbocycles. The van der Waals surface area contributed by atoms with Crippen molar-refractivity contribution in [2.45, 2.75) is 31.0 Å². The number of carbonyl (C=O) groups excluding carboxylic acids is 1. The van der Waals surface area contributed by atoms with Gasteiger partial charge in [0, 0.05) is 12.0 Å². The van der Waals surface area contributed by atoms with Gasteiger partial charge < -0.3 is 0 Å². The van der Waals surface area contributed by atoms with Crippen molar-refractivity contribution in [3.63, 3.8) is 0 Å². The summed E-state index contributed by atoms with van der Waals surface area (Å²) >= 11 is 1.39. The molecule has 3 rings (SSSR count). The number of halogens is 2. The van der Waals surface area contributed by atoms with Crippen LogP contribution in [-0.4, -0.2) is 10.9 Å². The lowest BCUT2D eigenvalue weighted by Crippen LogP contribution is -2.40. The second-order valence-corrected chi connectivity index (χ2v) is 7.63. The Hall–Kier alpha value is -1.92. The summed E-state index contributed by atoms with van der Waals surface area (Å²) < 4.78 is 27.7. The molecule has 0 bridgehead atoms. The third-order valence-corrected chi connectivity index (χ3v) is 5.30. The Balaban J connectivity index is 1.92. The predicted octanol–water partition coefficient (Wildman–Crippen LogP) is 4.79. The van der Waals surface area contributed by atoms with Gasteiger partial charge in [0.15, 0.2) is 0 Å². The van der Waals surface area contributed by atoms with Gasteiger partial charge in [0.25, 0.3) is 0 Å². The average Bonchev–Trinajstić information content (AvgIpc) is 3.02. The molecule has 1 N–H and O–H groups in total. The molecule has 1 aliphatic heterocycles. The molecule has 2 aromatic rings. The molecule has 1 fully saturated rings. The summed E-state index contributed by atoms with van der Waals surface area (Å²) in [5, 5.41) is 0.729. The summed E-state index contributed by atoms with van der Waals surface area (Å²) in [5.74, 6) is -0.838. The Morgan fingerprint density at radius 3 is 2.60 bits per heavy atom. The lowest BCUT2D eigenvalue weighted by molar-refractivity contribution is -0.135. The molecule has 3 nitrogen and oxygen atoms in total. The summed E-state index contributed by atoms with van der Waals surface area (Å²) in [6.07, 6.45) is 0.384. The van der Waals surface area contributed by atoms with Crippen LogP contribution in [0.4, 0.5) is 8.78 Å². The predicted molar refractivity (Wildman–Crippen MR) is 95.3 cm³/mol. The van der Waals surface area contributed by atoms with Gasteiger partial charge >= 0.3 is 0 Å². The number of hydrogen-bond donors (Lipinski definition) is 1. The fraction of sp³-hybridized carbons (Fsp3) is 0.316. The zero-order chi connectivity index (χ0) is 18.0. The zero-order valence-electron chi connectivity index (χ0n) is 14.1. The Labute approximate surface area is 150 Å². The number of amides is 1. The summed E-state index contributed by atoms with van der Waals surface area (Å²) in [7, 11) is 0. The summed E-state index contributed by atoms with van der Waals surface area (Å²) in [6.45, 7) is 3.95. The molecule has 1 saturated heterocycles. The molecular weight excluding hydrogens is 342 g/mol. The SMILES string of the molecule is CC(C)CC(=O)N1NC(c2cc(F)ccc2F)SC1c1ccccc1. The van der Waals surface area contributed by atoms with E-state index in [9.17, 15) is 13.6 Å². The third kappa shape index (κ3) is 4.02. The minimum absolute atomic E-state index is 0.0596. The number of carbonyl (C=O) groups is 1. The number of thioether (sulfide) groups is 1. The molecule has 6 heteroatoms. The van der Waals surface area contributed by atoms with Gasteiger partial charge in [-0.2, -0.15) is 0 Å². The van der Waals surface area contributed by atoms with Crippen LogP contribution in [0.25, 0.3) is 0 Å². The van der Waals surface area contributed by atoms with Crippen LogP contribution in [-0.2, 0) is 4.79 Å². The molecule has 0 spiro atoms. The Kier molecular flexibility index (Phi) is 5.39. The van der Waals surface area contributed by atoms with Crippen molar-refractivity contribution in [1.29, 1.82) is 0 Å². The van der Waals surface area contributed by atoms with E-state index < -0.39 is 17.0 Å². The molecule has 2 unspecified atom stereocenters. The van der Waals surface area contributed by atoms with Crippen LogP contribution in [0.1, 0.15) is 42.1 Å². The Morgan fingerprint density at radius 1 is 1.20 bits per heavy atom. The van der Waals surface area contributed by atoms with Crippen LogP contribution in [0.3, 0.4) is 0 Å². The van der Waals surface area contributed by atoms with Crippen LogP contribution in [0.2, 0.25) is 0 Å². The second kappa shape index (κ2) is 7.54. The number of nitrogens with one attached hydrogen (secondary N) is 1. The van der Waals surface area contributed by atoms with Gasteiger partial charge in [0.05, 0.1) is 0 Å². The largest absolute Gasteiger partial charge is 0.273 e. The van der Waals surface area contributed by atoms with Gasteiger partial charge in [-0.25, -0.2) is 14.2 Å². The van der Waals surface area contributed by atoms with E-state index in [1.165, 1.54) is 17.8 Å². The maximum absolute atomic E-state index is 14.2. The van der Waals surface area contributed by atoms with Crippen molar-refractivity contribution in [2.75, 3.05) is 0 Å². The normalized spacial score (nSPS) is 20.3. The molecule has 0 aromatic heterocycles. The van der Waals surface area contributed by atoms with Crippen LogP contribution in [0.15, 0.2) is 48.5 Å². The first-order chi connectivity index (χ1) is 12.0. The summed E-state index contributed by atoms with van der Waals surface area (Å²) in [6, 6.07) is 12.9. The van der Waals surface area contributed by atoms with Gasteiger partial charge in [0.2, 0.25) is 5.91 Å². The monoisotopic (exact) mass is 362 g/mol. The molecule has 25 heavy (non-hydrogen) atoms. The quantitative estimate of drug-likeness (QED) is 0.849. The average molecular weight is 362 g/mol. The molecule has 132 valence electrons. The molecule has 0 aliphatic carbocycles. The number of benzene rings is 2. The molecule has 1 heterocycles. The highest BCUT2D eigenvalue weighted by atomic mass is 32.2. The number of rotatable bonds is 4. The van der Waals surface area contributed by atoms with Crippen molar-refractivity contribution >= 4 is 17.7 Å². The number of hydrogen-bond acceptors (Lipinski definition) is 3. The van der Waals surface area contributed by atoms with Crippen molar-refractivity contribution in [2.24, 2.45) is 5.92 Å². The topological polar surface area (TPSA) is 32.3 Å². The molecule has 2 atom stereocenters. The van der Waals surface area contributed by atoms with E-state index in [2.05, 4.69) is 5.43 Å². The zero-order valence-corrected chi connectivity index (χ0v) is 14.9. The van der Waals surface area contributed by atoms with E-state index in [1.807, 2.05) is 44.2 Å². The lowest BCUT2D eigenvalue weighted by atomic mass is 10.1.